The fourth-order valence-corrected chi connectivity index (χ4v) is 1.14. The quantitative estimate of drug-likeness (QED) is 0.684. The van der Waals surface area contributed by atoms with Gasteiger partial charge in [0, 0.05) is 11.4 Å². The largest absolute Gasteiger partial charge is 0.416 e. The van der Waals surface area contributed by atoms with Crippen LogP contribution in [0.25, 0.3) is 0 Å². The van der Waals surface area contributed by atoms with Gasteiger partial charge in [-0.3, -0.25) is 0 Å². The van der Waals surface area contributed by atoms with Gasteiger partial charge < -0.3 is 10.6 Å². The number of hydrogen-bond donors (Lipinski definition) is 2. The lowest BCUT2D eigenvalue weighted by Crippen LogP contribution is -2.20. The molecule has 2 N–H and O–H groups in total. The molecular formula is C13H17F3N2. The van der Waals surface area contributed by atoms with Crippen LogP contribution in [0.1, 0.15) is 6.92 Å². The Kier molecular flexibility index (Phi) is 6.63. The van der Waals surface area contributed by atoms with Crippen molar-refractivity contribution in [2.45, 2.75) is 13.1 Å². The van der Waals surface area contributed by atoms with Crippen LogP contribution in [-0.4, -0.2) is 12.7 Å². The first-order valence-electron chi connectivity index (χ1n) is 5.18. The smallest absolute Gasteiger partial charge is 0.386 e. The van der Waals surface area contributed by atoms with Crippen LogP contribution in [0.15, 0.2) is 61.1 Å². The van der Waals surface area contributed by atoms with E-state index in [4.69, 9.17) is 0 Å². The highest BCUT2D eigenvalue weighted by Crippen LogP contribution is 2.27. The lowest BCUT2D eigenvalue weighted by molar-refractivity contribution is -0.0882. The average Bonchev–Trinajstić information content (AvgIpc) is 2.24. The number of alkyl halides is 3. The Hall–Kier alpha value is -1.91. The molecule has 0 saturated carbocycles. The van der Waals surface area contributed by atoms with Crippen LogP contribution >= 0.6 is 0 Å². The molecule has 0 aromatic heterocycles. The van der Waals surface area contributed by atoms with Crippen LogP contribution in [0.4, 0.5) is 13.2 Å². The third kappa shape index (κ3) is 6.62. The van der Waals surface area contributed by atoms with Gasteiger partial charge in [-0.2, -0.15) is 13.2 Å². The van der Waals surface area contributed by atoms with Crippen molar-refractivity contribution in [2.24, 2.45) is 0 Å². The highest BCUT2D eigenvalue weighted by atomic mass is 19.4. The Morgan fingerprint density at radius 3 is 2.33 bits per heavy atom. The Bertz CT molecular complexity index is 376. The van der Waals surface area contributed by atoms with Crippen molar-refractivity contribution in [3.63, 3.8) is 0 Å². The average molecular weight is 258 g/mol. The molecule has 0 radical (unpaired) electrons. The fraction of sp³-hybridized carbons (Fsp3) is 0.231. The van der Waals surface area contributed by atoms with E-state index in [0.717, 1.165) is 18.2 Å². The Morgan fingerprint density at radius 2 is 1.89 bits per heavy atom. The van der Waals surface area contributed by atoms with Crippen molar-refractivity contribution in [3.05, 3.63) is 61.1 Å². The number of nitrogens with one attached hydrogen (secondary N) is 2. The van der Waals surface area contributed by atoms with Crippen LogP contribution < -0.4 is 10.6 Å². The molecule has 0 amide bonds. The van der Waals surface area contributed by atoms with Crippen molar-refractivity contribution >= 4 is 0 Å². The lowest BCUT2D eigenvalue weighted by atomic mass is 10.2. The monoisotopic (exact) mass is 258 g/mol. The molecule has 18 heavy (non-hydrogen) atoms. The molecule has 0 unspecified atom stereocenters. The van der Waals surface area contributed by atoms with Crippen molar-refractivity contribution in [2.75, 3.05) is 6.54 Å². The molecule has 0 aliphatic carbocycles. The minimum Gasteiger partial charge on any atom is -0.386 e. The van der Waals surface area contributed by atoms with E-state index in [-0.39, 0.29) is 0 Å². The summed E-state index contributed by atoms with van der Waals surface area (Å²) < 4.78 is 37.7. The van der Waals surface area contributed by atoms with E-state index in [1.54, 1.807) is 0 Å². The second-order valence-corrected chi connectivity index (χ2v) is 3.50. The first-order valence-corrected chi connectivity index (χ1v) is 5.18. The van der Waals surface area contributed by atoms with Gasteiger partial charge in [0.05, 0.1) is 12.1 Å². The van der Waals surface area contributed by atoms with E-state index in [1.165, 1.54) is 13.1 Å². The SMILES string of the molecule is C=C/C=C(\C=C(/C)NC(=C)CNC=C)C(F)(F)F. The van der Waals surface area contributed by atoms with Crippen LogP contribution in [-0.2, 0) is 0 Å². The molecule has 0 bridgehead atoms. The van der Waals surface area contributed by atoms with E-state index in [0.29, 0.717) is 17.9 Å². The van der Waals surface area contributed by atoms with Crippen molar-refractivity contribution in [1.82, 2.24) is 10.6 Å². The summed E-state index contributed by atoms with van der Waals surface area (Å²) in [7, 11) is 0. The van der Waals surface area contributed by atoms with Gasteiger partial charge in [0.2, 0.25) is 0 Å². The molecule has 0 saturated heterocycles. The molecule has 0 aromatic rings. The molecular weight excluding hydrogens is 241 g/mol. The van der Waals surface area contributed by atoms with E-state index < -0.39 is 11.7 Å². The number of rotatable bonds is 7. The van der Waals surface area contributed by atoms with Crippen molar-refractivity contribution < 1.29 is 13.2 Å². The third-order valence-corrected chi connectivity index (χ3v) is 1.83. The van der Waals surface area contributed by atoms with Gasteiger partial charge in [0.25, 0.3) is 0 Å². The first kappa shape index (κ1) is 16.1. The molecule has 100 valence electrons. The summed E-state index contributed by atoms with van der Waals surface area (Å²) in [5, 5.41) is 5.54. The van der Waals surface area contributed by atoms with Crippen molar-refractivity contribution in [1.29, 1.82) is 0 Å². The van der Waals surface area contributed by atoms with Gasteiger partial charge >= 0.3 is 6.18 Å². The fourth-order valence-electron chi connectivity index (χ4n) is 1.14. The summed E-state index contributed by atoms with van der Waals surface area (Å²) in [6.07, 6.45) is 0.0832. The summed E-state index contributed by atoms with van der Waals surface area (Å²) in [4.78, 5) is 0. The maximum Gasteiger partial charge on any atom is 0.416 e. The van der Waals surface area contributed by atoms with Crippen LogP contribution in [0.5, 0.6) is 0 Å². The molecule has 2 nitrogen and oxygen atoms in total. The zero-order chi connectivity index (χ0) is 14.2. The van der Waals surface area contributed by atoms with Gasteiger partial charge in [0.1, 0.15) is 0 Å². The predicted octanol–water partition coefficient (Wildman–Crippen LogP) is 3.40. The van der Waals surface area contributed by atoms with Crippen LogP contribution in [0, 0.1) is 0 Å². The number of hydrogen-bond acceptors (Lipinski definition) is 2. The normalized spacial score (nSPS) is 12.9. The third-order valence-electron chi connectivity index (χ3n) is 1.83. The summed E-state index contributed by atoms with van der Waals surface area (Å²) in [5.74, 6) is 0. The molecule has 0 atom stereocenters. The van der Waals surface area contributed by atoms with E-state index >= 15 is 0 Å². The molecule has 0 fully saturated rings. The second kappa shape index (κ2) is 7.42. The Labute approximate surface area is 105 Å². The zero-order valence-electron chi connectivity index (χ0n) is 10.3. The van der Waals surface area contributed by atoms with E-state index in [1.807, 2.05) is 0 Å². The molecule has 5 heteroatoms. The summed E-state index contributed by atoms with van der Waals surface area (Å²) >= 11 is 0. The number of halogens is 3. The van der Waals surface area contributed by atoms with Gasteiger partial charge in [-0.05, 0) is 19.2 Å². The van der Waals surface area contributed by atoms with Gasteiger partial charge in [0.15, 0.2) is 0 Å². The van der Waals surface area contributed by atoms with E-state index in [9.17, 15) is 13.2 Å². The summed E-state index contributed by atoms with van der Waals surface area (Å²) in [6, 6.07) is 0. The van der Waals surface area contributed by atoms with Crippen LogP contribution in [0.3, 0.4) is 0 Å². The second-order valence-electron chi connectivity index (χ2n) is 3.50. The molecule has 0 spiro atoms. The van der Waals surface area contributed by atoms with Gasteiger partial charge in [-0.15, -0.1) is 0 Å². The number of allylic oxidation sites excluding steroid dienone is 5. The Balaban J connectivity index is 4.73. The highest BCUT2D eigenvalue weighted by Gasteiger charge is 2.31. The minimum absolute atomic E-state index is 0.344. The Morgan fingerprint density at radius 1 is 1.28 bits per heavy atom. The molecule has 0 aliphatic rings. The predicted molar refractivity (Wildman–Crippen MR) is 68.6 cm³/mol. The minimum atomic E-state index is -4.40. The maximum absolute atomic E-state index is 12.6. The summed E-state index contributed by atoms with van der Waals surface area (Å²) in [5.41, 5.74) is 0.118. The highest BCUT2D eigenvalue weighted by molar-refractivity contribution is 5.30. The van der Waals surface area contributed by atoms with Crippen molar-refractivity contribution in [3.8, 4) is 0 Å². The van der Waals surface area contributed by atoms with Gasteiger partial charge in [-0.25, -0.2) is 0 Å². The van der Waals surface area contributed by atoms with E-state index in [2.05, 4.69) is 30.4 Å². The standard InChI is InChI=1S/C13H17F3N2/c1-5-7-12(13(14,15)16)8-10(3)18-11(4)9-17-6-2/h5-8,17-18H,1-2,4,9H2,3H3/b10-8+,12-7+. The molecule has 0 aliphatic heterocycles. The molecule has 0 aromatic carbocycles. The zero-order valence-corrected chi connectivity index (χ0v) is 10.3. The van der Waals surface area contributed by atoms with Gasteiger partial charge in [-0.1, -0.05) is 31.9 Å². The van der Waals surface area contributed by atoms with Crippen LogP contribution in [0.2, 0.25) is 0 Å². The summed E-state index contributed by atoms with van der Waals surface area (Å²) in [6.45, 7) is 12.3. The molecule has 0 rings (SSSR count). The maximum atomic E-state index is 12.6. The molecule has 0 heterocycles. The first-order chi connectivity index (χ1) is 8.31. The lowest BCUT2D eigenvalue weighted by Gasteiger charge is -2.12. The topological polar surface area (TPSA) is 24.1 Å².